The molecule has 1 N–H and O–H groups in total. The summed E-state index contributed by atoms with van der Waals surface area (Å²) in [4.78, 5) is -0.155. The van der Waals surface area contributed by atoms with Gasteiger partial charge in [0.2, 0.25) is 0 Å². The summed E-state index contributed by atoms with van der Waals surface area (Å²) in [6.45, 7) is 0.440. The molecule has 0 radical (unpaired) electrons. The highest BCUT2D eigenvalue weighted by atomic mass is 35.5. The molecule has 0 atom stereocenters. The number of anilines is 1. The van der Waals surface area contributed by atoms with Crippen LogP contribution in [0.1, 0.15) is 5.56 Å². The Labute approximate surface area is 170 Å². The monoisotopic (exact) mass is 449 g/mol. The molecule has 0 unspecified atom stereocenters. The minimum Gasteiger partial charge on any atom is -0.280 e. The van der Waals surface area contributed by atoms with E-state index < -0.39 is 10.0 Å². The van der Waals surface area contributed by atoms with Gasteiger partial charge in [0.05, 0.1) is 32.8 Å². The Morgan fingerprint density at radius 1 is 1.00 bits per heavy atom. The molecule has 0 amide bonds. The second-order valence-electron chi connectivity index (χ2n) is 5.36. The topological polar surface area (TPSA) is 64.0 Å². The number of benzene rings is 2. The van der Waals surface area contributed by atoms with Crippen LogP contribution in [-0.2, 0) is 16.6 Å². The number of aromatic nitrogens is 2. The standard InChI is InChI=1S/C16H11Cl4N3O2S/c17-11-7-21-23(9-11)8-10-2-1-3-12(4-10)22-26(24,25)16-6-14(19)13(18)5-15(16)20/h1-7,9,22H,8H2. The molecular formula is C16H11Cl4N3O2S. The van der Waals surface area contributed by atoms with Crippen LogP contribution in [0.3, 0.4) is 0 Å². The lowest BCUT2D eigenvalue weighted by atomic mass is 10.2. The fraction of sp³-hybridized carbons (Fsp3) is 0.0625. The molecule has 1 aromatic heterocycles. The summed E-state index contributed by atoms with van der Waals surface area (Å²) in [5.41, 5.74) is 1.22. The van der Waals surface area contributed by atoms with Gasteiger partial charge in [0.1, 0.15) is 4.90 Å². The van der Waals surface area contributed by atoms with Crippen molar-refractivity contribution < 1.29 is 8.42 Å². The van der Waals surface area contributed by atoms with Crippen molar-refractivity contribution in [1.29, 1.82) is 0 Å². The largest absolute Gasteiger partial charge is 0.280 e. The van der Waals surface area contributed by atoms with Gasteiger partial charge in [0.15, 0.2) is 0 Å². The zero-order valence-electron chi connectivity index (χ0n) is 13.0. The van der Waals surface area contributed by atoms with Gasteiger partial charge in [-0.2, -0.15) is 5.10 Å². The molecule has 5 nitrogen and oxygen atoms in total. The molecule has 0 saturated carbocycles. The van der Waals surface area contributed by atoms with E-state index in [2.05, 4.69) is 9.82 Å². The van der Waals surface area contributed by atoms with Gasteiger partial charge >= 0.3 is 0 Å². The normalized spacial score (nSPS) is 11.5. The van der Waals surface area contributed by atoms with Crippen LogP contribution in [0, 0.1) is 0 Å². The predicted octanol–water partition coefficient (Wildman–Crippen LogP) is 5.35. The zero-order valence-corrected chi connectivity index (χ0v) is 16.8. The van der Waals surface area contributed by atoms with E-state index in [-0.39, 0.29) is 20.0 Å². The fourth-order valence-corrected chi connectivity index (χ4v) is 4.47. The van der Waals surface area contributed by atoms with Crippen molar-refractivity contribution in [2.75, 3.05) is 4.72 Å². The average Bonchev–Trinajstić information content (AvgIpc) is 2.95. The van der Waals surface area contributed by atoms with E-state index in [0.29, 0.717) is 17.3 Å². The first-order chi connectivity index (χ1) is 12.2. The molecule has 136 valence electrons. The van der Waals surface area contributed by atoms with Gasteiger partial charge in [0.25, 0.3) is 10.0 Å². The zero-order chi connectivity index (χ0) is 18.9. The summed E-state index contributed by atoms with van der Waals surface area (Å²) < 4.78 is 29.4. The van der Waals surface area contributed by atoms with Gasteiger partial charge in [-0.1, -0.05) is 58.5 Å². The van der Waals surface area contributed by atoms with Crippen molar-refractivity contribution in [3.8, 4) is 0 Å². The van der Waals surface area contributed by atoms with Gasteiger partial charge in [-0.05, 0) is 29.8 Å². The highest BCUT2D eigenvalue weighted by molar-refractivity contribution is 7.92. The number of nitrogens with zero attached hydrogens (tertiary/aromatic N) is 2. The molecule has 0 aliphatic rings. The Kier molecular flexibility index (Phi) is 5.69. The van der Waals surface area contributed by atoms with Crippen molar-refractivity contribution in [2.45, 2.75) is 11.4 Å². The number of rotatable bonds is 5. The number of sulfonamides is 1. The molecule has 0 fully saturated rings. The molecule has 0 aliphatic heterocycles. The number of nitrogens with one attached hydrogen (secondary N) is 1. The minimum atomic E-state index is -3.94. The molecular weight excluding hydrogens is 440 g/mol. The fourth-order valence-electron chi connectivity index (χ4n) is 2.27. The van der Waals surface area contributed by atoms with E-state index in [4.69, 9.17) is 46.4 Å². The van der Waals surface area contributed by atoms with Gasteiger partial charge in [-0.15, -0.1) is 0 Å². The number of hydrogen-bond donors (Lipinski definition) is 1. The van der Waals surface area contributed by atoms with E-state index in [1.807, 2.05) is 6.07 Å². The molecule has 1 heterocycles. The molecule has 26 heavy (non-hydrogen) atoms. The molecule has 3 aromatic rings. The van der Waals surface area contributed by atoms with Crippen molar-refractivity contribution in [3.63, 3.8) is 0 Å². The summed E-state index contributed by atoms with van der Waals surface area (Å²) in [6, 6.07) is 9.40. The maximum atomic E-state index is 12.6. The Hall–Kier alpha value is -1.44. The van der Waals surface area contributed by atoms with E-state index in [1.54, 1.807) is 29.1 Å². The van der Waals surface area contributed by atoms with Crippen LogP contribution >= 0.6 is 46.4 Å². The lowest BCUT2D eigenvalue weighted by Gasteiger charge is -2.12. The third-order valence-electron chi connectivity index (χ3n) is 3.39. The Morgan fingerprint density at radius 3 is 2.42 bits per heavy atom. The van der Waals surface area contributed by atoms with Gasteiger partial charge in [0, 0.05) is 11.9 Å². The van der Waals surface area contributed by atoms with Gasteiger partial charge in [-0.25, -0.2) is 8.42 Å². The molecule has 10 heteroatoms. The number of halogens is 4. The van der Waals surface area contributed by atoms with Crippen LogP contribution in [0.15, 0.2) is 53.7 Å². The van der Waals surface area contributed by atoms with E-state index in [0.717, 1.165) is 5.56 Å². The Bertz CT molecular complexity index is 1070. The molecule has 0 aliphatic carbocycles. The third kappa shape index (κ3) is 4.45. The predicted molar refractivity (Wildman–Crippen MR) is 105 cm³/mol. The quantitative estimate of drug-likeness (QED) is 0.533. The smallest absolute Gasteiger partial charge is 0.263 e. The number of hydrogen-bond acceptors (Lipinski definition) is 3. The first-order valence-corrected chi connectivity index (χ1v) is 10.2. The van der Waals surface area contributed by atoms with Crippen LogP contribution in [0.25, 0.3) is 0 Å². The van der Waals surface area contributed by atoms with Crippen LogP contribution in [0.5, 0.6) is 0 Å². The van der Waals surface area contributed by atoms with Gasteiger partial charge in [-0.3, -0.25) is 9.40 Å². The second kappa shape index (κ2) is 7.66. The summed E-state index contributed by atoms with van der Waals surface area (Å²) in [5.74, 6) is 0. The first kappa shape index (κ1) is 19.3. The third-order valence-corrected chi connectivity index (χ3v) is 6.15. The lowest BCUT2D eigenvalue weighted by Crippen LogP contribution is -2.14. The molecule has 0 saturated heterocycles. The summed E-state index contributed by atoms with van der Waals surface area (Å²) in [7, 11) is -3.94. The van der Waals surface area contributed by atoms with E-state index >= 15 is 0 Å². The van der Waals surface area contributed by atoms with Crippen LogP contribution < -0.4 is 4.72 Å². The first-order valence-electron chi connectivity index (χ1n) is 7.19. The summed E-state index contributed by atoms with van der Waals surface area (Å²) in [5, 5.41) is 4.87. The minimum absolute atomic E-state index is 0.0192. The summed E-state index contributed by atoms with van der Waals surface area (Å²) >= 11 is 23.6. The SMILES string of the molecule is O=S(=O)(Nc1cccc(Cn2cc(Cl)cn2)c1)c1cc(Cl)c(Cl)cc1Cl. The highest BCUT2D eigenvalue weighted by Gasteiger charge is 2.20. The molecule has 3 rings (SSSR count). The highest BCUT2D eigenvalue weighted by Crippen LogP contribution is 2.32. The van der Waals surface area contributed by atoms with E-state index in [1.165, 1.54) is 18.3 Å². The maximum absolute atomic E-state index is 12.6. The van der Waals surface area contributed by atoms with Crippen molar-refractivity contribution in [2.24, 2.45) is 0 Å². The Morgan fingerprint density at radius 2 is 1.73 bits per heavy atom. The van der Waals surface area contributed by atoms with Crippen molar-refractivity contribution in [1.82, 2.24) is 9.78 Å². The van der Waals surface area contributed by atoms with Crippen molar-refractivity contribution >= 4 is 62.1 Å². The average molecular weight is 451 g/mol. The summed E-state index contributed by atoms with van der Waals surface area (Å²) in [6.07, 6.45) is 3.20. The van der Waals surface area contributed by atoms with Crippen molar-refractivity contribution in [3.05, 3.63) is 74.4 Å². The lowest BCUT2D eigenvalue weighted by molar-refractivity contribution is 0.601. The van der Waals surface area contributed by atoms with Crippen LogP contribution in [0.2, 0.25) is 20.1 Å². The second-order valence-corrected chi connectivity index (χ2v) is 8.67. The van der Waals surface area contributed by atoms with E-state index in [9.17, 15) is 8.42 Å². The maximum Gasteiger partial charge on any atom is 0.263 e. The van der Waals surface area contributed by atoms with Crippen LogP contribution in [-0.4, -0.2) is 18.2 Å². The molecule has 0 bridgehead atoms. The van der Waals surface area contributed by atoms with Crippen LogP contribution in [0.4, 0.5) is 5.69 Å². The van der Waals surface area contributed by atoms with Gasteiger partial charge < -0.3 is 0 Å². The Balaban J connectivity index is 1.86. The molecule has 2 aromatic carbocycles. The molecule has 0 spiro atoms.